The van der Waals surface area contributed by atoms with E-state index in [0.717, 1.165) is 17.3 Å². The summed E-state index contributed by atoms with van der Waals surface area (Å²) in [4.78, 5) is 16.8. The van der Waals surface area contributed by atoms with Crippen LogP contribution in [0.15, 0.2) is 22.8 Å². The Labute approximate surface area is 108 Å². The summed E-state index contributed by atoms with van der Waals surface area (Å²) in [6.45, 7) is 2.07. The SMILES string of the molecule is CCCc1nc(N)nc(-c2ncccc2Br)n1. The van der Waals surface area contributed by atoms with Crippen LogP contribution < -0.4 is 5.73 Å². The minimum atomic E-state index is 0.232. The number of rotatable bonds is 3. The minimum Gasteiger partial charge on any atom is -0.368 e. The lowest BCUT2D eigenvalue weighted by molar-refractivity contribution is 0.823. The van der Waals surface area contributed by atoms with E-state index in [4.69, 9.17) is 5.73 Å². The van der Waals surface area contributed by atoms with Gasteiger partial charge >= 0.3 is 0 Å². The lowest BCUT2D eigenvalue weighted by atomic mass is 10.3. The normalized spacial score (nSPS) is 10.5. The Morgan fingerprint density at radius 3 is 2.82 bits per heavy atom. The van der Waals surface area contributed by atoms with E-state index >= 15 is 0 Å². The van der Waals surface area contributed by atoms with E-state index in [9.17, 15) is 0 Å². The van der Waals surface area contributed by atoms with Crippen molar-refractivity contribution in [1.29, 1.82) is 0 Å². The van der Waals surface area contributed by atoms with Crippen LogP contribution in [0, 0.1) is 0 Å². The van der Waals surface area contributed by atoms with Crippen LogP contribution in [-0.2, 0) is 6.42 Å². The molecule has 0 bridgehead atoms. The molecule has 0 aromatic carbocycles. The molecule has 5 nitrogen and oxygen atoms in total. The summed E-state index contributed by atoms with van der Waals surface area (Å²) >= 11 is 3.42. The number of halogens is 1. The number of anilines is 1. The fourth-order valence-corrected chi connectivity index (χ4v) is 1.86. The third-order valence-electron chi connectivity index (χ3n) is 2.14. The molecule has 0 spiro atoms. The van der Waals surface area contributed by atoms with Crippen molar-refractivity contribution in [3.63, 3.8) is 0 Å². The summed E-state index contributed by atoms with van der Waals surface area (Å²) in [5.41, 5.74) is 6.35. The van der Waals surface area contributed by atoms with Crippen molar-refractivity contribution >= 4 is 21.9 Å². The number of pyridine rings is 1. The van der Waals surface area contributed by atoms with Gasteiger partial charge in [0, 0.05) is 17.1 Å². The summed E-state index contributed by atoms with van der Waals surface area (Å²) in [7, 11) is 0. The summed E-state index contributed by atoms with van der Waals surface area (Å²) in [5.74, 6) is 1.44. The van der Waals surface area contributed by atoms with E-state index in [2.05, 4.69) is 42.8 Å². The first kappa shape index (κ1) is 11.9. The quantitative estimate of drug-likeness (QED) is 0.939. The molecule has 2 rings (SSSR count). The van der Waals surface area contributed by atoms with Crippen molar-refractivity contribution in [3.05, 3.63) is 28.6 Å². The summed E-state index contributed by atoms with van der Waals surface area (Å²) in [5, 5.41) is 0. The van der Waals surface area contributed by atoms with Crippen molar-refractivity contribution in [2.75, 3.05) is 5.73 Å². The Bertz CT molecular complexity index is 529. The lowest BCUT2D eigenvalue weighted by Gasteiger charge is -2.04. The van der Waals surface area contributed by atoms with Gasteiger partial charge in [-0.1, -0.05) is 6.92 Å². The highest BCUT2D eigenvalue weighted by molar-refractivity contribution is 9.10. The molecule has 6 heteroatoms. The highest BCUT2D eigenvalue weighted by atomic mass is 79.9. The summed E-state index contributed by atoms with van der Waals surface area (Å²) in [6.07, 6.45) is 3.44. The van der Waals surface area contributed by atoms with Crippen LogP contribution >= 0.6 is 15.9 Å². The zero-order valence-electron chi connectivity index (χ0n) is 9.39. The van der Waals surface area contributed by atoms with Crippen molar-refractivity contribution in [1.82, 2.24) is 19.9 Å². The zero-order valence-corrected chi connectivity index (χ0v) is 11.0. The van der Waals surface area contributed by atoms with Gasteiger partial charge in [0.2, 0.25) is 5.95 Å². The van der Waals surface area contributed by atoms with E-state index in [-0.39, 0.29) is 5.95 Å². The van der Waals surface area contributed by atoms with E-state index in [0.29, 0.717) is 17.3 Å². The van der Waals surface area contributed by atoms with Gasteiger partial charge in [-0.15, -0.1) is 0 Å². The first-order chi connectivity index (χ1) is 8.20. The largest absolute Gasteiger partial charge is 0.368 e. The van der Waals surface area contributed by atoms with Gasteiger partial charge in [-0.2, -0.15) is 9.97 Å². The van der Waals surface area contributed by atoms with Gasteiger partial charge in [-0.25, -0.2) is 4.98 Å². The van der Waals surface area contributed by atoms with Gasteiger partial charge in [0.1, 0.15) is 11.5 Å². The first-order valence-corrected chi connectivity index (χ1v) is 6.11. The fourth-order valence-electron chi connectivity index (χ4n) is 1.43. The van der Waals surface area contributed by atoms with Crippen molar-refractivity contribution in [2.45, 2.75) is 19.8 Å². The molecule has 0 aliphatic heterocycles. The second kappa shape index (κ2) is 5.18. The molecule has 2 N–H and O–H groups in total. The molecule has 2 aromatic rings. The van der Waals surface area contributed by atoms with Crippen molar-refractivity contribution in [3.8, 4) is 11.5 Å². The molecular formula is C11H12BrN5. The Hall–Kier alpha value is -1.56. The highest BCUT2D eigenvalue weighted by Crippen LogP contribution is 2.22. The maximum absolute atomic E-state index is 5.67. The number of nitrogen functional groups attached to an aromatic ring is 1. The van der Waals surface area contributed by atoms with Crippen LogP contribution in [0.2, 0.25) is 0 Å². The molecule has 0 radical (unpaired) electrons. The van der Waals surface area contributed by atoms with Crippen LogP contribution in [-0.4, -0.2) is 19.9 Å². The van der Waals surface area contributed by atoms with Crippen LogP contribution in [0.1, 0.15) is 19.2 Å². The van der Waals surface area contributed by atoms with Crippen LogP contribution in [0.5, 0.6) is 0 Å². The number of aromatic nitrogens is 4. The van der Waals surface area contributed by atoms with E-state index < -0.39 is 0 Å². The zero-order chi connectivity index (χ0) is 12.3. The Kier molecular flexibility index (Phi) is 3.63. The number of hydrogen-bond acceptors (Lipinski definition) is 5. The summed E-state index contributed by atoms with van der Waals surface area (Å²) in [6, 6.07) is 3.73. The fraction of sp³-hybridized carbons (Fsp3) is 0.273. The van der Waals surface area contributed by atoms with Crippen LogP contribution in [0.25, 0.3) is 11.5 Å². The Morgan fingerprint density at radius 1 is 1.29 bits per heavy atom. The number of aryl methyl sites for hydroxylation is 1. The molecule has 17 heavy (non-hydrogen) atoms. The number of nitrogens with two attached hydrogens (primary N) is 1. The molecular weight excluding hydrogens is 282 g/mol. The maximum atomic E-state index is 5.67. The molecule has 0 unspecified atom stereocenters. The lowest BCUT2D eigenvalue weighted by Crippen LogP contribution is -2.05. The molecule has 88 valence electrons. The number of nitrogens with zero attached hydrogens (tertiary/aromatic N) is 4. The topological polar surface area (TPSA) is 77.6 Å². The molecule has 0 atom stereocenters. The van der Waals surface area contributed by atoms with E-state index in [1.54, 1.807) is 6.20 Å². The molecule has 0 aliphatic rings. The molecule has 0 aliphatic carbocycles. The monoisotopic (exact) mass is 293 g/mol. The smallest absolute Gasteiger partial charge is 0.223 e. The second-order valence-electron chi connectivity index (χ2n) is 3.52. The average molecular weight is 294 g/mol. The van der Waals surface area contributed by atoms with Crippen molar-refractivity contribution in [2.24, 2.45) is 0 Å². The predicted molar refractivity (Wildman–Crippen MR) is 69.2 cm³/mol. The number of hydrogen-bond donors (Lipinski definition) is 1. The molecule has 0 fully saturated rings. The second-order valence-corrected chi connectivity index (χ2v) is 4.37. The van der Waals surface area contributed by atoms with Crippen LogP contribution in [0.3, 0.4) is 0 Å². The van der Waals surface area contributed by atoms with Gasteiger partial charge in [0.15, 0.2) is 5.82 Å². The van der Waals surface area contributed by atoms with E-state index in [1.807, 2.05) is 12.1 Å². The molecule has 0 saturated heterocycles. The molecule has 2 heterocycles. The van der Waals surface area contributed by atoms with Crippen LogP contribution in [0.4, 0.5) is 5.95 Å². The van der Waals surface area contributed by atoms with Crippen molar-refractivity contribution < 1.29 is 0 Å². The Balaban J connectivity index is 2.48. The summed E-state index contributed by atoms with van der Waals surface area (Å²) < 4.78 is 0.841. The molecule has 2 aromatic heterocycles. The van der Waals surface area contributed by atoms with Gasteiger partial charge in [0.25, 0.3) is 0 Å². The Morgan fingerprint density at radius 2 is 2.12 bits per heavy atom. The predicted octanol–water partition coefficient (Wildman–Crippen LogP) is 2.23. The maximum Gasteiger partial charge on any atom is 0.223 e. The minimum absolute atomic E-state index is 0.232. The average Bonchev–Trinajstić information content (AvgIpc) is 2.29. The van der Waals surface area contributed by atoms with Gasteiger partial charge in [0.05, 0.1) is 0 Å². The highest BCUT2D eigenvalue weighted by Gasteiger charge is 2.10. The van der Waals surface area contributed by atoms with Gasteiger partial charge in [-0.3, -0.25) is 4.98 Å². The van der Waals surface area contributed by atoms with E-state index in [1.165, 1.54) is 0 Å². The third kappa shape index (κ3) is 2.76. The standard InChI is InChI=1S/C11H12BrN5/c1-2-4-8-15-10(17-11(13)16-8)9-7(12)5-3-6-14-9/h3,5-6H,2,4H2,1H3,(H2,13,15,16,17). The first-order valence-electron chi connectivity index (χ1n) is 5.32. The molecule has 0 saturated carbocycles. The van der Waals surface area contributed by atoms with Gasteiger partial charge < -0.3 is 5.73 Å². The van der Waals surface area contributed by atoms with Gasteiger partial charge in [-0.05, 0) is 34.5 Å². The third-order valence-corrected chi connectivity index (χ3v) is 2.78. The molecule has 0 amide bonds.